The van der Waals surface area contributed by atoms with E-state index in [2.05, 4.69) is 0 Å². The maximum Gasteiger partial charge on any atom is 0.487 e. The highest BCUT2D eigenvalue weighted by Gasteiger charge is 2.38. The second-order valence-electron chi connectivity index (χ2n) is 3.15. The molecule has 2 nitrogen and oxygen atoms in total. The van der Waals surface area contributed by atoms with Crippen molar-refractivity contribution in [2.75, 3.05) is 7.05 Å². The third kappa shape index (κ3) is 2.49. The third-order valence-electron chi connectivity index (χ3n) is 2.06. The summed E-state index contributed by atoms with van der Waals surface area (Å²) in [5.74, 6) is -1.04. The minimum absolute atomic E-state index is 0.0670. The van der Waals surface area contributed by atoms with Crippen molar-refractivity contribution in [3.63, 3.8) is 0 Å². The highest BCUT2D eigenvalue weighted by molar-refractivity contribution is 5.95. The zero-order valence-corrected chi connectivity index (χ0v) is 8.30. The first-order valence-electron chi connectivity index (χ1n) is 4.24. The summed E-state index contributed by atoms with van der Waals surface area (Å²) in [7, 11) is 0.717. The Morgan fingerprint density at radius 2 is 1.80 bits per heavy atom. The monoisotopic (exact) mass is 217 g/mol. The van der Waals surface area contributed by atoms with Crippen molar-refractivity contribution in [1.82, 2.24) is 4.90 Å². The van der Waals surface area contributed by atoms with Gasteiger partial charge in [-0.3, -0.25) is 9.69 Å². The molecule has 82 valence electrons. The average molecular weight is 217 g/mol. The Morgan fingerprint density at radius 1 is 1.27 bits per heavy atom. The van der Waals surface area contributed by atoms with Crippen LogP contribution in [-0.2, 0) is 0 Å². The third-order valence-corrected chi connectivity index (χ3v) is 2.06. The number of hydrogen-bond acceptors (Lipinski definition) is 1. The first kappa shape index (κ1) is 11.6. The van der Waals surface area contributed by atoms with Gasteiger partial charge in [0.1, 0.15) is 0 Å². The van der Waals surface area contributed by atoms with Gasteiger partial charge in [0.25, 0.3) is 5.91 Å². The molecule has 1 aromatic rings. The van der Waals surface area contributed by atoms with Crippen molar-refractivity contribution in [1.29, 1.82) is 0 Å². The van der Waals surface area contributed by atoms with Gasteiger partial charge in [-0.15, -0.1) is 13.2 Å². The topological polar surface area (TPSA) is 20.3 Å². The smallest absolute Gasteiger partial charge is 0.269 e. The van der Waals surface area contributed by atoms with Crippen LogP contribution in [0, 0.1) is 6.92 Å². The largest absolute Gasteiger partial charge is 0.487 e. The predicted octanol–water partition coefficient (Wildman–Crippen LogP) is 2.59. The van der Waals surface area contributed by atoms with E-state index in [1.54, 1.807) is 19.1 Å². The number of hydrogen-bond donors (Lipinski definition) is 0. The van der Waals surface area contributed by atoms with Crippen LogP contribution in [0.15, 0.2) is 24.3 Å². The van der Waals surface area contributed by atoms with Gasteiger partial charge >= 0.3 is 6.30 Å². The first-order chi connectivity index (χ1) is 6.84. The van der Waals surface area contributed by atoms with Gasteiger partial charge < -0.3 is 0 Å². The van der Waals surface area contributed by atoms with Crippen molar-refractivity contribution in [2.45, 2.75) is 13.2 Å². The maximum absolute atomic E-state index is 12.2. The van der Waals surface area contributed by atoms with E-state index in [1.165, 1.54) is 12.1 Å². The second-order valence-corrected chi connectivity index (χ2v) is 3.15. The van der Waals surface area contributed by atoms with E-state index in [0.717, 1.165) is 7.05 Å². The molecule has 0 aliphatic carbocycles. The van der Waals surface area contributed by atoms with Crippen LogP contribution in [-0.4, -0.2) is 24.2 Å². The van der Waals surface area contributed by atoms with E-state index >= 15 is 0 Å². The molecule has 0 aromatic heterocycles. The molecule has 0 bridgehead atoms. The number of benzene rings is 1. The fourth-order valence-corrected chi connectivity index (χ4v) is 1.11. The summed E-state index contributed by atoms with van der Waals surface area (Å²) in [5.41, 5.74) is 0.593. The summed E-state index contributed by atoms with van der Waals surface area (Å²) in [6, 6.07) is 6.17. The van der Waals surface area contributed by atoms with Crippen LogP contribution in [0.5, 0.6) is 0 Å². The first-order valence-corrected chi connectivity index (χ1v) is 4.24. The van der Waals surface area contributed by atoms with E-state index in [-0.39, 0.29) is 10.5 Å². The summed E-state index contributed by atoms with van der Waals surface area (Å²) in [6.07, 6.45) is -4.64. The van der Waals surface area contributed by atoms with E-state index in [4.69, 9.17) is 0 Å². The normalized spacial score (nSPS) is 11.3. The van der Waals surface area contributed by atoms with Gasteiger partial charge in [-0.25, -0.2) is 0 Å². The molecule has 0 saturated carbocycles. The molecule has 0 radical (unpaired) electrons. The number of alkyl halides is 3. The minimum atomic E-state index is -4.64. The fourth-order valence-electron chi connectivity index (χ4n) is 1.11. The lowest BCUT2D eigenvalue weighted by atomic mass is 10.1. The van der Waals surface area contributed by atoms with Crippen LogP contribution in [0.2, 0.25) is 0 Å². The molecule has 5 heteroatoms. The SMILES string of the molecule is Cc1ccccc1C(=O)N(C)C(F)(F)F. The summed E-state index contributed by atoms with van der Waals surface area (Å²) in [4.78, 5) is 11.2. The Labute approximate surface area is 85.3 Å². The van der Waals surface area contributed by atoms with Gasteiger partial charge in [0.15, 0.2) is 0 Å². The Morgan fingerprint density at radius 3 is 2.27 bits per heavy atom. The van der Waals surface area contributed by atoms with Crippen molar-refractivity contribution >= 4 is 5.91 Å². The lowest BCUT2D eigenvalue weighted by Gasteiger charge is -2.20. The summed E-state index contributed by atoms with van der Waals surface area (Å²) < 4.78 is 36.7. The van der Waals surface area contributed by atoms with E-state index < -0.39 is 12.2 Å². The van der Waals surface area contributed by atoms with E-state index in [1.807, 2.05) is 0 Å². The molecule has 1 amide bonds. The number of halogens is 3. The predicted molar refractivity (Wildman–Crippen MR) is 49.3 cm³/mol. The molecular weight excluding hydrogens is 207 g/mol. The van der Waals surface area contributed by atoms with Crippen molar-refractivity contribution in [3.05, 3.63) is 35.4 Å². The van der Waals surface area contributed by atoms with Crippen LogP contribution < -0.4 is 0 Å². The molecule has 0 aliphatic rings. The fraction of sp³-hybridized carbons (Fsp3) is 0.300. The van der Waals surface area contributed by atoms with Gasteiger partial charge in [0.2, 0.25) is 0 Å². The number of aryl methyl sites for hydroxylation is 1. The minimum Gasteiger partial charge on any atom is -0.269 e. The van der Waals surface area contributed by atoms with Gasteiger partial charge in [0, 0.05) is 12.6 Å². The maximum atomic E-state index is 12.2. The molecule has 0 unspecified atom stereocenters. The average Bonchev–Trinajstić information content (AvgIpc) is 2.15. The highest BCUT2D eigenvalue weighted by atomic mass is 19.4. The van der Waals surface area contributed by atoms with Gasteiger partial charge in [-0.2, -0.15) is 0 Å². The number of nitrogens with zero attached hydrogens (tertiary/aromatic N) is 1. The van der Waals surface area contributed by atoms with Gasteiger partial charge in [0.05, 0.1) is 0 Å². The molecule has 0 spiro atoms. The molecule has 0 fully saturated rings. The van der Waals surface area contributed by atoms with Gasteiger partial charge in [-0.05, 0) is 18.6 Å². The summed E-state index contributed by atoms with van der Waals surface area (Å²) in [5, 5.41) is 0. The Kier molecular flexibility index (Phi) is 3.02. The molecule has 15 heavy (non-hydrogen) atoms. The van der Waals surface area contributed by atoms with Crippen molar-refractivity contribution in [3.8, 4) is 0 Å². The molecule has 1 rings (SSSR count). The molecule has 1 aromatic carbocycles. The highest BCUT2D eigenvalue weighted by Crippen LogP contribution is 2.22. The number of carbonyl (C=O) groups is 1. The number of amides is 1. The van der Waals surface area contributed by atoms with Crippen LogP contribution in [0.4, 0.5) is 13.2 Å². The second kappa shape index (κ2) is 3.92. The Bertz CT molecular complexity index is 373. The van der Waals surface area contributed by atoms with E-state index in [0.29, 0.717) is 5.56 Å². The molecular formula is C10H10F3NO. The molecule has 0 heterocycles. The number of rotatable bonds is 1. The molecule has 0 N–H and O–H groups in total. The lowest BCUT2D eigenvalue weighted by molar-refractivity contribution is -0.216. The molecule has 0 atom stereocenters. The standard InChI is InChI=1S/C10H10F3NO/c1-7-5-3-4-6-8(7)9(15)14(2)10(11,12)13/h3-6H,1-2H3. The Balaban J connectivity index is 3.01. The molecule has 0 aliphatic heterocycles. The van der Waals surface area contributed by atoms with Crippen LogP contribution in [0.1, 0.15) is 15.9 Å². The van der Waals surface area contributed by atoms with Crippen molar-refractivity contribution in [2.24, 2.45) is 0 Å². The van der Waals surface area contributed by atoms with Crippen LogP contribution in [0.3, 0.4) is 0 Å². The summed E-state index contributed by atoms with van der Waals surface area (Å²) >= 11 is 0. The van der Waals surface area contributed by atoms with Gasteiger partial charge in [-0.1, -0.05) is 18.2 Å². The zero-order chi connectivity index (χ0) is 11.6. The lowest BCUT2D eigenvalue weighted by Crippen LogP contribution is -2.39. The summed E-state index contributed by atoms with van der Waals surface area (Å²) in [6.45, 7) is 1.59. The number of carbonyl (C=O) groups excluding carboxylic acids is 1. The van der Waals surface area contributed by atoms with Crippen LogP contribution >= 0.6 is 0 Å². The quantitative estimate of drug-likeness (QED) is 0.662. The molecule has 0 saturated heterocycles. The zero-order valence-electron chi connectivity index (χ0n) is 8.30. The van der Waals surface area contributed by atoms with Crippen molar-refractivity contribution < 1.29 is 18.0 Å². The van der Waals surface area contributed by atoms with E-state index in [9.17, 15) is 18.0 Å². The Hall–Kier alpha value is -1.52. The van der Waals surface area contributed by atoms with Crippen LogP contribution in [0.25, 0.3) is 0 Å².